The van der Waals surface area contributed by atoms with Crippen LogP contribution in [0.25, 0.3) is 0 Å². The van der Waals surface area contributed by atoms with Crippen LogP contribution in [0, 0.1) is 3.57 Å². The molecule has 16 heavy (non-hydrogen) atoms. The molecule has 0 atom stereocenters. The van der Waals surface area contributed by atoms with E-state index in [0.29, 0.717) is 11.4 Å². The van der Waals surface area contributed by atoms with Crippen LogP contribution in [0.15, 0.2) is 18.2 Å². The predicted molar refractivity (Wildman–Crippen MR) is 67.4 cm³/mol. The third-order valence-corrected chi connectivity index (χ3v) is 2.64. The third-order valence-electron chi connectivity index (χ3n) is 1.97. The maximum atomic E-state index is 11.9. The minimum Gasteiger partial charge on any atom is -0.397 e. The van der Waals surface area contributed by atoms with Crippen molar-refractivity contribution in [1.29, 1.82) is 0 Å². The van der Waals surface area contributed by atoms with Crippen LogP contribution in [0.5, 0.6) is 0 Å². The van der Waals surface area contributed by atoms with Gasteiger partial charge < -0.3 is 11.1 Å². The smallest absolute Gasteiger partial charge is 0.389 e. The number of nitrogens with one attached hydrogen (secondary N) is 1. The molecule has 0 aromatic heterocycles. The molecule has 0 heterocycles. The number of hydrogen-bond acceptors (Lipinski definition) is 2. The summed E-state index contributed by atoms with van der Waals surface area (Å²) in [6, 6.07) is 5.39. The van der Waals surface area contributed by atoms with Gasteiger partial charge in [-0.1, -0.05) is 0 Å². The second-order valence-electron chi connectivity index (χ2n) is 3.38. The Morgan fingerprint density at radius 2 is 2.00 bits per heavy atom. The van der Waals surface area contributed by atoms with E-state index in [1.165, 1.54) is 0 Å². The SMILES string of the molecule is Nc1cc(I)ccc1NCCCC(F)(F)F. The van der Waals surface area contributed by atoms with E-state index in [1.54, 1.807) is 12.1 Å². The van der Waals surface area contributed by atoms with Gasteiger partial charge in [0.25, 0.3) is 0 Å². The monoisotopic (exact) mass is 344 g/mol. The molecule has 1 aromatic rings. The lowest BCUT2D eigenvalue weighted by atomic mass is 10.2. The van der Waals surface area contributed by atoms with Gasteiger partial charge in [-0.3, -0.25) is 0 Å². The Kier molecular flexibility index (Phi) is 4.69. The Morgan fingerprint density at radius 1 is 1.31 bits per heavy atom. The largest absolute Gasteiger partial charge is 0.397 e. The molecule has 0 amide bonds. The van der Waals surface area contributed by atoms with Crippen LogP contribution in [0.2, 0.25) is 0 Å². The van der Waals surface area contributed by atoms with Crippen molar-refractivity contribution in [1.82, 2.24) is 0 Å². The van der Waals surface area contributed by atoms with Crippen LogP contribution in [0.1, 0.15) is 12.8 Å². The van der Waals surface area contributed by atoms with Gasteiger partial charge in [0.05, 0.1) is 11.4 Å². The molecule has 1 aromatic carbocycles. The van der Waals surface area contributed by atoms with E-state index < -0.39 is 12.6 Å². The quantitative estimate of drug-likeness (QED) is 0.497. The number of hydrogen-bond donors (Lipinski definition) is 2. The molecular formula is C10H12F3IN2. The Morgan fingerprint density at radius 3 is 2.56 bits per heavy atom. The first-order valence-corrected chi connectivity index (χ1v) is 5.82. The first kappa shape index (κ1) is 13.4. The lowest BCUT2D eigenvalue weighted by Crippen LogP contribution is -2.11. The Hall–Kier alpha value is -0.660. The second-order valence-corrected chi connectivity index (χ2v) is 4.62. The van der Waals surface area contributed by atoms with E-state index in [-0.39, 0.29) is 13.0 Å². The molecule has 0 spiro atoms. The number of rotatable bonds is 4. The summed E-state index contributed by atoms with van der Waals surface area (Å²) >= 11 is 2.12. The van der Waals surface area contributed by atoms with E-state index in [2.05, 4.69) is 27.9 Å². The molecule has 0 fully saturated rings. The molecule has 0 bridgehead atoms. The summed E-state index contributed by atoms with van der Waals surface area (Å²) < 4.78 is 36.6. The van der Waals surface area contributed by atoms with Crippen molar-refractivity contribution >= 4 is 34.0 Å². The van der Waals surface area contributed by atoms with Gasteiger partial charge in [-0.05, 0) is 47.2 Å². The van der Waals surface area contributed by atoms with E-state index in [0.717, 1.165) is 3.57 Å². The zero-order chi connectivity index (χ0) is 12.2. The molecule has 0 saturated carbocycles. The average Bonchev–Trinajstić information content (AvgIpc) is 2.13. The van der Waals surface area contributed by atoms with Crippen LogP contribution in [-0.4, -0.2) is 12.7 Å². The molecule has 0 aliphatic heterocycles. The van der Waals surface area contributed by atoms with E-state index in [4.69, 9.17) is 5.73 Å². The van der Waals surface area contributed by atoms with Crippen molar-refractivity contribution in [2.45, 2.75) is 19.0 Å². The van der Waals surface area contributed by atoms with Gasteiger partial charge in [0, 0.05) is 16.5 Å². The van der Waals surface area contributed by atoms with Gasteiger partial charge in [-0.2, -0.15) is 13.2 Å². The summed E-state index contributed by atoms with van der Waals surface area (Å²) in [6.07, 6.45) is -4.81. The standard InChI is InChI=1S/C10H12F3IN2/c11-10(12,13)4-1-5-16-9-3-2-7(14)6-8(9)15/h2-3,6,16H,1,4-5,15H2. The summed E-state index contributed by atoms with van der Waals surface area (Å²) in [5.74, 6) is 0. The number of halogens is 4. The lowest BCUT2D eigenvalue weighted by Gasteiger charge is -2.10. The maximum Gasteiger partial charge on any atom is 0.389 e. The molecular weight excluding hydrogens is 332 g/mol. The van der Waals surface area contributed by atoms with Gasteiger partial charge >= 0.3 is 6.18 Å². The topological polar surface area (TPSA) is 38.0 Å². The lowest BCUT2D eigenvalue weighted by molar-refractivity contribution is -0.134. The Bertz CT molecular complexity index is 352. The van der Waals surface area contributed by atoms with Crippen LogP contribution >= 0.6 is 22.6 Å². The highest BCUT2D eigenvalue weighted by Gasteiger charge is 2.25. The molecule has 2 nitrogen and oxygen atoms in total. The van der Waals surface area contributed by atoms with E-state index >= 15 is 0 Å². The molecule has 0 radical (unpaired) electrons. The highest BCUT2D eigenvalue weighted by molar-refractivity contribution is 14.1. The summed E-state index contributed by atoms with van der Waals surface area (Å²) in [5, 5.41) is 2.88. The summed E-state index contributed by atoms with van der Waals surface area (Å²) in [4.78, 5) is 0. The fraction of sp³-hybridized carbons (Fsp3) is 0.400. The number of anilines is 2. The highest BCUT2D eigenvalue weighted by atomic mass is 127. The second kappa shape index (κ2) is 5.60. The molecule has 1 rings (SSSR count). The van der Waals surface area contributed by atoms with Crippen LogP contribution in [0.4, 0.5) is 24.5 Å². The molecule has 90 valence electrons. The van der Waals surface area contributed by atoms with Gasteiger partial charge in [-0.25, -0.2) is 0 Å². The zero-order valence-corrected chi connectivity index (χ0v) is 10.6. The van der Waals surface area contributed by atoms with Gasteiger partial charge in [0.1, 0.15) is 0 Å². The Labute approximate surface area is 106 Å². The number of benzene rings is 1. The van der Waals surface area contributed by atoms with E-state index in [9.17, 15) is 13.2 Å². The normalized spacial score (nSPS) is 11.5. The molecule has 6 heteroatoms. The van der Waals surface area contributed by atoms with Crippen molar-refractivity contribution in [2.75, 3.05) is 17.6 Å². The zero-order valence-electron chi connectivity index (χ0n) is 8.44. The van der Waals surface area contributed by atoms with Crippen LogP contribution < -0.4 is 11.1 Å². The van der Waals surface area contributed by atoms with E-state index in [1.807, 2.05) is 6.07 Å². The number of alkyl halides is 3. The molecule has 0 saturated heterocycles. The minimum atomic E-state index is -4.08. The molecule has 0 aliphatic rings. The van der Waals surface area contributed by atoms with Crippen molar-refractivity contribution < 1.29 is 13.2 Å². The predicted octanol–water partition coefficient (Wildman–Crippen LogP) is 3.63. The minimum absolute atomic E-state index is 0.0505. The maximum absolute atomic E-state index is 11.9. The molecule has 0 unspecified atom stereocenters. The van der Waals surface area contributed by atoms with Crippen molar-refractivity contribution in [3.8, 4) is 0 Å². The highest BCUT2D eigenvalue weighted by Crippen LogP contribution is 2.23. The van der Waals surface area contributed by atoms with Crippen LogP contribution in [-0.2, 0) is 0 Å². The summed E-state index contributed by atoms with van der Waals surface area (Å²) in [7, 11) is 0. The number of nitrogen functional groups attached to an aromatic ring is 1. The first-order valence-electron chi connectivity index (χ1n) is 4.74. The van der Waals surface area contributed by atoms with Crippen molar-refractivity contribution in [2.24, 2.45) is 0 Å². The van der Waals surface area contributed by atoms with Crippen molar-refractivity contribution in [3.05, 3.63) is 21.8 Å². The average molecular weight is 344 g/mol. The summed E-state index contributed by atoms with van der Waals surface area (Å²) in [6.45, 7) is 0.268. The number of nitrogens with two attached hydrogens (primary N) is 1. The molecule has 3 N–H and O–H groups in total. The van der Waals surface area contributed by atoms with Crippen LogP contribution in [0.3, 0.4) is 0 Å². The van der Waals surface area contributed by atoms with Gasteiger partial charge in [0.15, 0.2) is 0 Å². The fourth-order valence-corrected chi connectivity index (χ4v) is 1.72. The van der Waals surface area contributed by atoms with Gasteiger partial charge in [0.2, 0.25) is 0 Å². The fourth-order valence-electron chi connectivity index (χ4n) is 1.21. The summed E-state index contributed by atoms with van der Waals surface area (Å²) in [5.41, 5.74) is 6.94. The third kappa shape index (κ3) is 4.91. The first-order chi connectivity index (χ1) is 7.38. The Balaban J connectivity index is 2.38. The van der Waals surface area contributed by atoms with Gasteiger partial charge in [-0.15, -0.1) is 0 Å². The molecule has 0 aliphatic carbocycles. The van der Waals surface area contributed by atoms with Crippen molar-refractivity contribution in [3.63, 3.8) is 0 Å².